The zero-order valence-electron chi connectivity index (χ0n) is 14.0. The molecule has 0 amide bonds. The number of hydrogen-bond donors (Lipinski definition) is 0. The molecular formula is C16H36Br2CuN. The molecular weight excluding hydrogens is 430 g/mol. The molecule has 0 aromatic carbocycles. The summed E-state index contributed by atoms with van der Waals surface area (Å²) in [5.41, 5.74) is 0. The van der Waals surface area contributed by atoms with Crippen molar-refractivity contribution in [3.05, 3.63) is 0 Å². The fourth-order valence-corrected chi connectivity index (χ4v) is 2.64. The fourth-order valence-electron chi connectivity index (χ4n) is 2.64. The van der Waals surface area contributed by atoms with Gasteiger partial charge >= 0.3 is 28.3 Å². The molecule has 0 aromatic rings. The molecule has 0 aliphatic heterocycles. The van der Waals surface area contributed by atoms with Crippen LogP contribution >= 0.6 is 14.1 Å². The Morgan fingerprint density at radius 3 is 0.950 bits per heavy atom. The Kier molecular flexibility index (Phi) is 26.9. The molecule has 0 bridgehead atoms. The summed E-state index contributed by atoms with van der Waals surface area (Å²) in [7, 11) is 0. The monoisotopic (exact) mass is 463 g/mol. The van der Waals surface area contributed by atoms with Gasteiger partial charge in [0, 0.05) is 0 Å². The van der Waals surface area contributed by atoms with Crippen LogP contribution < -0.4 is 17.0 Å². The van der Waals surface area contributed by atoms with E-state index in [1.807, 2.05) is 0 Å². The van der Waals surface area contributed by atoms with Gasteiger partial charge in [0.2, 0.25) is 0 Å². The van der Waals surface area contributed by atoms with Crippen molar-refractivity contribution in [1.29, 1.82) is 0 Å². The van der Waals surface area contributed by atoms with Crippen LogP contribution in [-0.4, -0.2) is 30.7 Å². The van der Waals surface area contributed by atoms with E-state index in [1.165, 1.54) is 82.0 Å². The average molecular weight is 466 g/mol. The molecule has 0 aliphatic rings. The van der Waals surface area contributed by atoms with Crippen LogP contribution in [0.3, 0.4) is 0 Å². The van der Waals surface area contributed by atoms with Crippen molar-refractivity contribution in [2.45, 2.75) is 79.1 Å². The molecule has 0 atom stereocenters. The normalized spacial score (nSPS) is 10.6. The fraction of sp³-hybridized carbons (Fsp3) is 1.00. The van der Waals surface area contributed by atoms with Crippen LogP contribution in [0.25, 0.3) is 0 Å². The molecule has 0 aromatic heterocycles. The summed E-state index contributed by atoms with van der Waals surface area (Å²) in [5, 5.41) is 0. The van der Waals surface area contributed by atoms with E-state index in [0.29, 0.717) is 0 Å². The third-order valence-electron chi connectivity index (χ3n) is 3.94. The van der Waals surface area contributed by atoms with Gasteiger partial charge in [-0.15, -0.1) is 0 Å². The summed E-state index contributed by atoms with van der Waals surface area (Å²) in [6.07, 6.45) is 11.1. The summed E-state index contributed by atoms with van der Waals surface area (Å²) in [6.45, 7) is 15.0. The Hall–Kier alpha value is 1.44. The van der Waals surface area contributed by atoms with Crippen molar-refractivity contribution in [1.82, 2.24) is 0 Å². The number of hydrogen-bond acceptors (Lipinski definition) is 0. The van der Waals surface area contributed by atoms with Gasteiger partial charge in [-0.3, -0.25) is 0 Å². The van der Waals surface area contributed by atoms with Crippen LogP contribution in [0.15, 0.2) is 0 Å². The van der Waals surface area contributed by atoms with Gasteiger partial charge in [-0.25, -0.2) is 0 Å². The maximum atomic E-state index is 4.00. The Morgan fingerprint density at radius 1 is 0.600 bits per heavy atom. The number of quaternary nitrogens is 1. The van der Waals surface area contributed by atoms with E-state index in [9.17, 15) is 0 Å². The minimum atomic E-state index is 0. The van der Waals surface area contributed by atoms with Gasteiger partial charge in [-0.05, 0) is 25.7 Å². The molecule has 0 aliphatic carbocycles. The van der Waals surface area contributed by atoms with E-state index >= 15 is 0 Å². The van der Waals surface area contributed by atoms with Crippen molar-refractivity contribution in [2.24, 2.45) is 0 Å². The number of rotatable bonds is 12. The van der Waals surface area contributed by atoms with Crippen LogP contribution in [0.4, 0.5) is 0 Å². The first-order valence-electron chi connectivity index (χ1n) is 8.21. The van der Waals surface area contributed by atoms with Crippen molar-refractivity contribution in [3.63, 3.8) is 0 Å². The van der Waals surface area contributed by atoms with Crippen molar-refractivity contribution >= 4 is 14.1 Å². The molecule has 0 saturated carbocycles. The van der Waals surface area contributed by atoms with E-state index in [2.05, 4.69) is 56.0 Å². The maximum absolute atomic E-state index is 4.00. The molecule has 0 saturated heterocycles. The van der Waals surface area contributed by atoms with E-state index in [-0.39, 0.29) is 17.0 Å². The summed E-state index contributed by atoms with van der Waals surface area (Å²) in [5.74, 6) is 0. The van der Waals surface area contributed by atoms with Gasteiger partial charge in [0.15, 0.2) is 0 Å². The quantitative estimate of drug-likeness (QED) is 0.307. The Labute approximate surface area is 154 Å². The zero-order chi connectivity index (χ0) is 15.0. The van der Waals surface area contributed by atoms with E-state index in [4.69, 9.17) is 0 Å². The summed E-state index contributed by atoms with van der Waals surface area (Å²) >= 11 is 6.50. The Bertz CT molecular complexity index is 131. The summed E-state index contributed by atoms with van der Waals surface area (Å²) < 4.78 is 1.42. The van der Waals surface area contributed by atoms with Gasteiger partial charge in [-0.1, -0.05) is 53.4 Å². The van der Waals surface area contributed by atoms with Crippen molar-refractivity contribution < 1.29 is 35.7 Å². The Morgan fingerprint density at radius 2 is 0.800 bits per heavy atom. The molecule has 0 unspecified atom stereocenters. The first kappa shape index (κ1) is 26.3. The average Bonchev–Trinajstić information content (AvgIpc) is 2.48. The standard InChI is InChI=1S/C16H36N.2BrH.Cu/c1-5-9-13-17(14-10-6-2,15-11-7-3)16-12-8-4;;;/h5-16H2,1-4H3;2*1H;/q+1;;;+1/p-2. The second-order valence-corrected chi connectivity index (χ2v) is 5.65. The SMILES string of the molecule is CCCC[N+](CCCC)(CCCC)CCCC.[Br-].[Cu][Br]. The topological polar surface area (TPSA) is 0 Å². The molecule has 4 heteroatoms. The van der Waals surface area contributed by atoms with Crippen LogP contribution in [0.1, 0.15) is 79.1 Å². The molecule has 20 heavy (non-hydrogen) atoms. The number of unbranched alkanes of at least 4 members (excludes halogenated alkanes) is 4. The molecule has 130 valence electrons. The van der Waals surface area contributed by atoms with Crippen LogP contribution in [0.5, 0.6) is 0 Å². The molecule has 1 nitrogen and oxygen atoms in total. The molecule has 0 spiro atoms. The van der Waals surface area contributed by atoms with Crippen LogP contribution in [0, 0.1) is 0 Å². The molecule has 0 heterocycles. The first-order valence-corrected chi connectivity index (χ1v) is 10.5. The Balaban J connectivity index is -0.000000916. The third-order valence-corrected chi connectivity index (χ3v) is 3.94. The van der Waals surface area contributed by atoms with Gasteiger partial charge in [0.1, 0.15) is 0 Å². The summed E-state index contributed by atoms with van der Waals surface area (Å²) in [4.78, 5) is 0. The summed E-state index contributed by atoms with van der Waals surface area (Å²) in [6, 6.07) is 0. The molecule has 0 radical (unpaired) electrons. The predicted molar refractivity (Wildman–Crippen MR) is 88.3 cm³/mol. The zero-order valence-corrected chi connectivity index (χ0v) is 18.1. The van der Waals surface area contributed by atoms with Crippen molar-refractivity contribution in [2.75, 3.05) is 26.2 Å². The van der Waals surface area contributed by atoms with E-state index < -0.39 is 0 Å². The van der Waals surface area contributed by atoms with Crippen LogP contribution in [-0.2, 0) is 14.2 Å². The van der Waals surface area contributed by atoms with Gasteiger partial charge in [-0.2, -0.15) is 0 Å². The van der Waals surface area contributed by atoms with E-state index in [1.54, 1.807) is 0 Å². The third kappa shape index (κ3) is 14.4. The predicted octanol–water partition coefficient (Wildman–Crippen LogP) is 2.85. The van der Waals surface area contributed by atoms with Gasteiger partial charge in [0.05, 0.1) is 26.2 Å². The number of halogens is 2. The van der Waals surface area contributed by atoms with Crippen molar-refractivity contribution in [3.8, 4) is 0 Å². The van der Waals surface area contributed by atoms with Gasteiger partial charge in [0.25, 0.3) is 0 Å². The molecule has 0 fully saturated rings. The van der Waals surface area contributed by atoms with Gasteiger partial charge < -0.3 is 21.5 Å². The first-order chi connectivity index (χ1) is 9.24. The second kappa shape index (κ2) is 20.4. The van der Waals surface area contributed by atoms with E-state index in [0.717, 1.165) is 0 Å². The van der Waals surface area contributed by atoms with Crippen LogP contribution in [0.2, 0.25) is 0 Å². The second-order valence-electron chi connectivity index (χ2n) is 5.65. The molecule has 0 N–H and O–H groups in total. The molecule has 0 rings (SSSR count). The minimum absolute atomic E-state index is 0. The number of nitrogens with zero attached hydrogens (tertiary/aromatic N) is 1.